The topological polar surface area (TPSA) is 105 Å². The van der Waals surface area contributed by atoms with Crippen LogP contribution in [0.1, 0.15) is 5.56 Å². The molecule has 0 radical (unpaired) electrons. The third kappa shape index (κ3) is 17.9. The molecule has 0 fully saturated rings. The Bertz CT molecular complexity index is 319. The van der Waals surface area contributed by atoms with Crippen molar-refractivity contribution in [2.45, 2.75) is 6.54 Å². The second-order valence-corrected chi connectivity index (χ2v) is 3.50. The van der Waals surface area contributed by atoms with Crippen molar-refractivity contribution in [3.05, 3.63) is 30.1 Å². The lowest BCUT2D eigenvalue weighted by molar-refractivity contribution is -0.215. The van der Waals surface area contributed by atoms with Crippen LogP contribution < -0.4 is 34.9 Å². The van der Waals surface area contributed by atoms with Gasteiger partial charge in [-0.25, -0.2) is 0 Å². The Morgan fingerprint density at radius 2 is 1.71 bits per heavy atom. The van der Waals surface area contributed by atoms with Crippen molar-refractivity contribution >= 4 is 47.1 Å². The van der Waals surface area contributed by atoms with Gasteiger partial charge in [0.2, 0.25) is 0 Å². The number of nitrogens with two attached hydrogens (primary N) is 2. The third-order valence-electron chi connectivity index (χ3n) is 1.24. The van der Waals surface area contributed by atoms with Gasteiger partial charge in [-0.1, -0.05) is 0 Å². The van der Waals surface area contributed by atoms with E-state index in [1.165, 1.54) is 0 Å². The molecule has 0 saturated heterocycles. The lowest BCUT2D eigenvalue weighted by atomic mass is 10.3. The molecule has 1 aromatic heterocycles. The monoisotopic (exact) mass is 315 g/mol. The summed E-state index contributed by atoms with van der Waals surface area (Å²) in [6.07, 6.45) is 3.51. The van der Waals surface area contributed by atoms with Gasteiger partial charge in [0.05, 0.1) is 0 Å². The fraction of sp³-hybridized carbons (Fsp3) is 0.125. The molecule has 0 bridgehead atoms. The number of halogens is 2. The van der Waals surface area contributed by atoms with E-state index in [0.29, 0.717) is 5.11 Å². The minimum absolute atomic E-state index is 0. The number of nitrogens with one attached hydrogen (secondary N) is 1. The maximum absolute atomic E-state index is 4.76. The first-order valence-corrected chi connectivity index (χ1v) is 4.87. The highest BCUT2D eigenvalue weighted by atomic mass is 35.5. The summed E-state index contributed by atoms with van der Waals surface area (Å²) < 4.78 is 0. The maximum Gasteiger partial charge on any atom is 0.265 e. The SMILES string of the molecule is Cl.NC(N)=S.[Cl-].[NH3+]C(=S)NCc1ccncc1. The first-order valence-electron chi connectivity index (χ1n) is 4.06. The highest BCUT2D eigenvalue weighted by Gasteiger charge is 1.92. The number of hydrogen-bond donors (Lipinski definition) is 4. The molecule has 0 aromatic carbocycles. The second kappa shape index (κ2) is 13.3. The predicted octanol–water partition coefficient (Wildman–Crippen LogP) is -3.69. The van der Waals surface area contributed by atoms with E-state index in [1.54, 1.807) is 12.4 Å². The first kappa shape index (κ1) is 21.5. The van der Waals surface area contributed by atoms with Gasteiger partial charge in [0.1, 0.15) is 0 Å². The first-order chi connectivity index (χ1) is 7.02. The zero-order valence-electron chi connectivity index (χ0n) is 8.93. The van der Waals surface area contributed by atoms with Crippen LogP contribution in [0.15, 0.2) is 24.5 Å². The molecule has 1 heterocycles. The number of pyridine rings is 1. The number of thiocarbonyl (C=S) groups is 2. The summed E-state index contributed by atoms with van der Waals surface area (Å²) in [4.78, 5) is 3.90. The Balaban J connectivity index is -0.000000289. The van der Waals surface area contributed by atoms with Gasteiger partial charge in [0.25, 0.3) is 5.11 Å². The molecule has 0 aliphatic rings. The van der Waals surface area contributed by atoms with E-state index >= 15 is 0 Å². The molecule has 0 unspecified atom stereocenters. The molecule has 1 rings (SSSR count). The molecule has 0 saturated carbocycles. The van der Waals surface area contributed by atoms with Crippen molar-refractivity contribution in [2.75, 3.05) is 0 Å². The third-order valence-corrected chi connectivity index (χ3v) is 1.38. The van der Waals surface area contributed by atoms with E-state index < -0.39 is 0 Å². The zero-order valence-corrected chi connectivity index (χ0v) is 12.1. The summed E-state index contributed by atoms with van der Waals surface area (Å²) in [6.45, 7) is 0.727. The average Bonchev–Trinajstić information content (AvgIpc) is 2.15. The van der Waals surface area contributed by atoms with Gasteiger partial charge >= 0.3 is 0 Å². The minimum Gasteiger partial charge on any atom is -1.00 e. The number of rotatable bonds is 2. The normalized spacial score (nSPS) is 7.35. The van der Waals surface area contributed by atoms with E-state index in [1.807, 2.05) is 12.1 Å². The van der Waals surface area contributed by atoms with Crippen LogP contribution in [0.3, 0.4) is 0 Å². The molecule has 0 aliphatic carbocycles. The van der Waals surface area contributed by atoms with Crippen LogP contribution in [-0.4, -0.2) is 15.2 Å². The molecule has 8 N–H and O–H groups in total. The van der Waals surface area contributed by atoms with Crippen LogP contribution in [0.4, 0.5) is 0 Å². The summed E-state index contributed by atoms with van der Waals surface area (Å²) in [5.41, 5.74) is 14.0. The van der Waals surface area contributed by atoms with Crippen molar-refractivity contribution < 1.29 is 18.1 Å². The van der Waals surface area contributed by atoms with E-state index in [-0.39, 0.29) is 29.9 Å². The van der Waals surface area contributed by atoms with Crippen molar-refractivity contribution in [1.29, 1.82) is 0 Å². The van der Waals surface area contributed by atoms with Gasteiger partial charge in [-0.2, -0.15) is 0 Å². The van der Waals surface area contributed by atoms with Gasteiger partial charge in [0, 0.05) is 31.2 Å². The number of nitrogens with zero attached hydrogens (tertiary/aromatic N) is 1. The summed E-state index contributed by atoms with van der Waals surface area (Å²) in [7, 11) is 0. The van der Waals surface area contributed by atoms with Crippen molar-refractivity contribution in [2.24, 2.45) is 11.5 Å². The molecule has 5 nitrogen and oxygen atoms in total. The molecular formula is C8H15Cl2N5S2. The fourth-order valence-corrected chi connectivity index (χ4v) is 0.773. The molecule has 0 amide bonds. The van der Waals surface area contributed by atoms with E-state index in [0.717, 1.165) is 12.1 Å². The zero-order chi connectivity index (χ0) is 11.7. The Kier molecular flexibility index (Phi) is 16.9. The molecule has 0 aliphatic heterocycles. The number of aromatic nitrogens is 1. The number of quaternary nitrogens is 1. The van der Waals surface area contributed by atoms with Crippen molar-refractivity contribution in [1.82, 2.24) is 10.3 Å². The highest BCUT2D eigenvalue weighted by Crippen LogP contribution is 1.93. The summed E-state index contributed by atoms with van der Waals surface area (Å²) in [5, 5.41) is 3.53. The van der Waals surface area contributed by atoms with Gasteiger partial charge < -0.3 is 34.9 Å². The van der Waals surface area contributed by atoms with Crippen molar-refractivity contribution in [3.8, 4) is 0 Å². The highest BCUT2D eigenvalue weighted by molar-refractivity contribution is 7.80. The maximum atomic E-state index is 4.76. The molecule has 1 aromatic rings. The molecule has 9 heteroatoms. The van der Waals surface area contributed by atoms with E-state index in [9.17, 15) is 0 Å². The Morgan fingerprint density at radius 1 is 1.29 bits per heavy atom. The lowest BCUT2D eigenvalue weighted by Gasteiger charge is -1.99. The fourth-order valence-electron chi connectivity index (χ4n) is 0.701. The van der Waals surface area contributed by atoms with Crippen LogP contribution in [0.5, 0.6) is 0 Å². The molecule has 0 atom stereocenters. The Labute approximate surface area is 123 Å². The second-order valence-electron chi connectivity index (χ2n) is 2.53. The molecule has 17 heavy (non-hydrogen) atoms. The minimum atomic E-state index is 0. The number of hydrogen-bond acceptors (Lipinski definition) is 3. The van der Waals surface area contributed by atoms with Gasteiger partial charge in [0.15, 0.2) is 5.11 Å². The Morgan fingerprint density at radius 3 is 2.06 bits per heavy atom. The van der Waals surface area contributed by atoms with Crippen LogP contribution in [0, 0.1) is 0 Å². The standard InChI is InChI=1S/C7H9N3S.CH4N2S.2ClH/c8-7(11)10-5-6-1-3-9-4-2-6;2-1(3)4;;/h1-4H,5H2,(H3,8,10,11);(H4,2,3,4);2*1H. The Hall–Kier alpha value is -0.730. The lowest BCUT2D eigenvalue weighted by Crippen LogP contribution is -3.00. The summed E-state index contributed by atoms with van der Waals surface area (Å²) >= 11 is 8.85. The van der Waals surface area contributed by atoms with Crippen LogP contribution in [0.2, 0.25) is 0 Å². The summed E-state index contributed by atoms with van der Waals surface area (Å²) in [5.74, 6) is 0. The van der Waals surface area contributed by atoms with Crippen LogP contribution in [0.25, 0.3) is 0 Å². The van der Waals surface area contributed by atoms with E-state index in [2.05, 4.69) is 39.7 Å². The van der Waals surface area contributed by atoms with Crippen molar-refractivity contribution in [3.63, 3.8) is 0 Å². The van der Waals surface area contributed by atoms with Gasteiger partial charge in [-0.05, 0) is 29.9 Å². The quantitative estimate of drug-likeness (QED) is 0.419. The largest absolute Gasteiger partial charge is 1.00 e. The van der Waals surface area contributed by atoms with Gasteiger partial charge in [-0.3, -0.25) is 4.98 Å². The van der Waals surface area contributed by atoms with Crippen LogP contribution in [-0.2, 0) is 6.54 Å². The van der Waals surface area contributed by atoms with Gasteiger partial charge in [-0.15, -0.1) is 12.4 Å². The summed E-state index contributed by atoms with van der Waals surface area (Å²) in [6, 6.07) is 3.87. The molecule has 0 spiro atoms. The molecule has 98 valence electrons. The van der Waals surface area contributed by atoms with E-state index in [4.69, 9.17) is 12.2 Å². The average molecular weight is 316 g/mol. The molecular weight excluding hydrogens is 301 g/mol. The predicted molar refractivity (Wildman–Crippen MR) is 74.8 cm³/mol. The van der Waals surface area contributed by atoms with Crippen LogP contribution >= 0.6 is 36.8 Å². The smallest absolute Gasteiger partial charge is 0.265 e.